The van der Waals surface area contributed by atoms with Crippen molar-refractivity contribution < 1.29 is 34.2 Å². The summed E-state index contributed by atoms with van der Waals surface area (Å²) in [5.41, 5.74) is 0. The van der Waals surface area contributed by atoms with Gasteiger partial charge in [0.1, 0.15) is 0 Å². The van der Waals surface area contributed by atoms with E-state index in [9.17, 15) is 14.4 Å². The van der Waals surface area contributed by atoms with Crippen LogP contribution in [-0.4, -0.2) is 57.3 Å². The highest BCUT2D eigenvalue weighted by molar-refractivity contribution is 5.73. The third-order valence-corrected chi connectivity index (χ3v) is 6.50. The quantitative estimate of drug-likeness (QED) is 0.0874. The number of nitrogens with zero attached hydrogens (tertiary/aromatic N) is 1. The zero-order chi connectivity index (χ0) is 26.2. The number of aliphatic carboxylic acids is 3. The molecule has 0 saturated heterocycles. The zero-order valence-electron chi connectivity index (χ0n) is 22.2. The molecule has 7 nitrogen and oxygen atoms in total. The second-order valence-electron chi connectivity index (χ2n) is 10.1. The molecule has 0 rings (SSSR count). The highest BCUT2D eigenvalue weighted by Gasteiger charge is 2.34. The van der Waals surface area contributed by atoms with Crippen molar-refractivity contribution in [3.05, 3.63) is 12.3 Å². The molecule has 0 aliphatic carbocycles. The van der Waals surface area contributed by atoms with Crippen molar-refractivity contribution in [1.82, 2.24) is 0 Å². The maximum absolute atomic E-state index is 11.2. The Labute approximate surface area is 213 Å². The number of carboxylic acid groups (broad SMARTS) is 3. The highest BCUT2D eigenvalue weighted by atomic mass is 16.4. The first-order chi connectivity index (χ1) is 16.8. The molecule has 0 saturated carbocycles. The maximum atomic E-state index is 11.2. The minimum atomic E-state index is -1.22. The number of hydrogen-bond donors (Lipinski definition) is 3. The minimum absolute atomic E-state index is 0.561. The van der Waals surface area contributed by atoms with Gasteiger partial charge in [0, 0.05) is 0 Å². The van der Waals surface area contributed by atoms with E-state index in [-0.39, 0.29) is 0 Å². The lowest BCUT2D eigenvalue weighted by atomic mass is 10.0. The summed E-state index contributed by atoms with van der Waals surface area (Å²) in [5.74, 6) is -3.65. The van der Waals surface area contributed by atoms with Crippen molar-refractivity contribution >= 4 is 17.9 Å². The van der Waals surface area contributed by atoms with Crippen LogP contribution in [-0.2, 0) is 14.4 Å². The van der Waals surface area contributed by atoms with Crippen LogP contribution in [0.5, 0.6) is 0 Å². The van der Waals surface area contributed by atoms with Crippen molar-refractivity contribution in [2.45, 2.75) is 129 Å². The Morgan fingerprint density at radius 1 is 0.514 bits per heavy atom. The molecule has 0 aromatic heterocycles. The first-order valence-electron chi connectivity index (χ1n) is 14.0. The number of rotatable bonds is 26. The van der Waals surface area contributed by atoms with E-state index in [1.807, 2.05) is 0 Å². The lowest BCUT2D eigenvalue weighted by molar-refractivity contribution is -0.857. The SMILES string of the molecule is CCCCCCCCCCCCCCCCCCCC/C=C/[N+](CC(=O)O)(CC(=O)O)CC(=O)O. The monoisotopic (exact) mass is 498 g/mol. The number of unbranched alkanes of at least 4 members (excludes halogenated alkanes) is 18. The van der Waals surface area contributed by atoms with Gasteiger partial charge >= 0.3 is 17.9 Å². The van der Waals surface area contributed by atoms with Gasteiger partial charge in [-0.05, 0) is 18.9 Å². The van der Waals surface area contributed by atoms with Gasteiger partial charge in [-0.3, -0.25) is 4.48 Å². The molecule has 204 valence electrons. The molecule has 0 radical (unpaired) electrons. The molecule has 0 bridgehead atoms. The number of carbonyl (C=O) groups is 3. The zero-order valence-corrected chi connectivity index (χ0v) is 22.2. The van der Waals surface area contributed by atoms with Gasteiger partial charge < -0.3 is 15.3 Å². The first-order valence-corrected chi connectivity index (χ1v) is 14.0. The molecule has 0 aromatic carbocycles. The standard InChI is InChI=1S/C28H51NO6/c1-2-3-4-5-6-7-8-9-10-11-12-13-14-15-16-17-18-19-20-21-22-29(23-26(30)31,24-27(32)33)25-28(34)35/h21-22H,2-20,23-25H2,1H3,(H2-,30,31,32,33,34,35)/p+1/b22-21+. The van der Waals surface area contributed by atoms with E-state index < -0.39 is 42.0 Å². The van der Waals surface area contributed by atoms with Crippen LogP contribution < -0.4 is 0 Å². The van der Waals surface area contributed by atoms with Gasteiger partial charge in [0.25, 0.3) is 0 Å². The van der Waals surface area contributed by atoms with Gasteiger partial charge in [-0.1, -0.05) is 116 Å². The van der Waals surface area contributed by atoms with Crippen molar-refractivity contribution in [1.29, 1.82) is 0 Å². The molecule has 0 heterocycles. The Bertz CT molecular complexity index is 549. The fourth-order valence-electron chi connectivity index (χ4n) is 4.60. The summed E-state index contributed by atoms with van der Waals surface area (Å²) in [7, 11) is 0. The van der Waals surface area contributed by atoms with E-state index >= 15 is 0 Å². The largest absolute Gasteiger partial charge is 0.477 e. The molecule has 0 spiro atoms. The Balaban J connectivity index is 3.76. The predicted molar refractivity (Wildman–Crippen MR) is 140 cm³/mol. The molecular formula is C28H52NO6+. The maximum Gasteiger partial charge on any atom is 0.359 e. The van der Waals surface area contributed by atoms with E-state index in [0.717, 1.165) is 19.3 Å². The van der Waals surface area contributed by atoms with E-state index in [2.05, 4.69) is 6.92 Å². The summed E-state index contributed by atoms with van der Waals surface area (Å²) in [5, 5.41) is 27.3. The lowest BCUT2D eigenvalue weighted by Crippen LogP contribution is -2.52. The topological polar surface area (TPSA) is 112 Å². The van der Waals surface area contributed by atoms with Crippen LogP contribution >= 0.6 is 0 Å². The van der Waals surface area contributed by atoms with E-state index in [0.29, 0.717) is 6.42 Å². The Kier molecular flexibility index (Phi) is 21.3. The molecule has 0 aliphatic rings. The predicted octanol–water partition coefficient (Wildman–Crippen LogP) is 7.00. The highest BCUT2D eigenvalue weighted by Crippen LogP contribution is 2.15. The van der Waals surface area contributed by atoms with E-state index in [1.165, 1.54) is 103 Å². The number of carboxylic acids is 3. The summed E-state index contributed by atoms with van der Waals surface area (Å²) in [4.78, 5) is 33.5. The molecular weight excluding hydrogens is 446 g/mol. The number of allylic oxidation sites excluding steroid dienone is 1. The molecule has 0 aromatic rings. The first kappa shape index (κ1) is 33.1. The van der Waals surface area contributed by atoms with Gasteiger partial charge in [-0.25, -0.2) is 14.4 Å². The Hall–Kier alpha value is -1.89. The third kappa shape index (κ3) is 22.3. The molecule has 7 heteroatoms. The van der Waals surface area contributed by atoms with Crippen LogP contribution in [0.2, 0.25) is 0 Å². The van der Waals surface area contributed by atoms with Crippen molar-refractivity contribution in [3.8, 4) is 0 Å². The molecule has 0 unspecified atom stereocenters. The van der Waals surface area contributed by atoms with Crippen molar-refractivity contribution in [2.24, 2.45) is 0 Å². The van der Waals surface area contributed by atoms with Crippen molar-refractivity contribution in [3.63, 3.8) is 0 Å². The summed E-state index contributed by atoms with van der Waals surface area (Å²) in [6.07, 6.45) is 27.4. The van der Waals surface area contributed by atoms with E-state index in [4.69, 9.17) is 15.3 Å². The van der Waals surface area contributed by atoms with Crippen LogP contribution in [0.3, 0.4) is 0 Å². The fraction of sp³-hybridized carbons (Fsp3) is 0.821. The fourth-order valence-corrected chi connectivity index (χ4v) is 4.60. The summed E-state index contributed by atoms with van der Waals surface area (Å²) < 4.78 is -0.612. The number of hydrogen-bond acceptors (Lipinski definition) is 3. The summed E-state index contributed by atoms with van der Waals surface area (Å²) in [6.45, 7) is 0.579. The Morgan fingerprint density at radius 2 is 0.800 bits per heavy atom. The van der Waals surface area contributed by atoms with Crippen LogP contribution in [0, 0.1) is 0 Å². The smallest absolute Gasteiger partial charge is 0.359 e. The molecule has 0 atom stereocenters. The average molecular weight is 499 g/mol. The van der Waals surface area contributed by atoms with Crippen molar-refractivity contribution in [2.75, 3.05) is 19.6 Å². The molecule has 0 aliphatic heterocycles. The van der Waals surface area contributed by atoms with Gasteiger partial charge in [0.05, 0.1) is 6.20 Å². The van der Waals surface area contributed by atoms with Gasteiger partial charge in [0.2, 0.25) is 0 Å². The lowest BCUT2D eigenvalue weighted by Gasteiger charge is -2.29. The molecule has 3 N–H and O–H groups in total. The Morgan fingerprint density at radius 3 is 1.09 bits per heavy atom. The summed E-state index contributed by atoms with van der Waals surface area (Å²) in [6, 6.07) is 0. The average Bonchev–Trinajstić information content (AvgIpc) is 2.76. The molecule has 0 amide bonds. The van der Waals surface area contributed by atoms with Crippen LogP contribution in [0.25, 0.3) is 0 Å². The molecule has 0 fully saturated rings. The minimum Gasteiger partial charge on any atom is -0.477 e. The van der Waals surface area contributed by atoms with Crippen LogP contribution in [0.15, 0.2) is 12.3 Å². The summed E-state index contributed by atoms with van der Waals surface area (Å²) >= 11 is 0. The normalized spacial score (nSPS) is 11.8. The second kappa shape index (κ2) is 22.6. The van der Waals surface area contributed by atoms with Gasteiger partial charge in [-0.15, -0.1) is 0 Å². The van der Waals surface area contributed by atoms with Crippen LogP contribution in [0.4, 0.5) is 0 Å². The van der Waals surface area contributed by atoms with Gasteiger partial charge in [0.15, 0.2) is 19.6 Å². The third-order valence-electron chi connectivity index (χ3n) is 6.50. The second-order valence-corrected chi connectivity index (χ2v) is 10.1. The molecule has 35 heavy (non-hydrogen) atoms. The number of quaternary nitrogens is 1. The van der Waals surface area contributed by atoms with Crippen LogP contribution in [0.1, 0.15) is 129 Å². The van der Waals surface area contributed by atoms with Gasteiger partial charge in [-0.2, -0.15) is 0 Å². The van der Waals surface area contributed by atoms with E-state index in [1.54, 1.807) is 6.08 Å².